The molecule has 1 aliphatic heterocycles. The summed E-state index contributed by atoms with van der Waals surface area (Å²) < 4.78 is 2.87. The van der Waals surface area contributed by atoms with E-state index in [0.29, 0.717) is 5.92 Å². The number of halogens is 1. The number of likely N-dealkylation sites (tertiary alicyclic amines) is 1. The molecule has 3 rings (SSSR count). The second-order valence-corrected chi connectivity index (χ2v) is 5.73. The Kier molecular flexibility index (Phi) is 3.03. The van der Waals surface area contributed by atoms with E-state index in [9.17, 15) is 5.11 Å². The molecule has 0 aliphatic carbocycles. The molecule has 4 nitrogen and oxygen atoms in total. The molecule has 0 unspecified atom stereocenters. The van der Waals surface area contributed by atoms with Gasteiger partial charge in [-0.25, -0.2) is 4.98 Å². The minimum atomic E-state index is 0.279. The van der Waals surface area contributed by atoms with E-state index >= 15 is 0 Å². The summed E-state index contributed by atoms with van der Waals surface area (Å²) >= 11 is 3.50. The van der Waals surface area contributed by atoms with Gasteiger partial charge in [0.2, 0.25) is 0 Å². The van der Waals surface area contributed by atoms with Crippen LogP contribution < -0.4 is 0 Å². The second kappa shape index (κ2) is 4.55. The van der Waals surface area contributed by atoms with Crippen LogP contribution in [0.5, 0.6) is 5.75 Å². The first-order chi connectivity index (χ1) is 8.65. The van der Waals surface area contributed by atoms with Crippen LogP contribution in [0.1, 0.15) is 24.6 Å². The van der Waals surface area contributed by atoms with E-state index < -0.39 is 0 Å². The minimum Gasteiger partial charge on any atom is -0.506 e. The Hall–Kier alpha value is -1.07. The third kappa shape index (κ3) is 2.01. The summed E-state index contributed by atoms with van der Waals surface area (Å²) in [6, 6.07) is 3.59. The topological polar surface area (TPSA) is 40.8 Å². The maximum absolute atomic E-state index is 9.63. The molecule has 0 radical (unpaired) electrons. The zero-order chi connectivity index (χ0) is 12.7. The number of hydrogen-bond acceptors (Lipinski definition) is 3. The first-order valence-corrected chi connectivity index (χ1v) is 6.99. The normalized spacial score (nSPS) is 18.6. The Morgan fingerprint density at radius 1 is 1.33 bits per heavy atom. The van der Waals surface area contributed by atoms with Gasteiger partial charge in [-0.3, -0.25) is 4.40 Å². The van der Waals surface area contributed by atoms with Gasteiger partial charge >= 0.3 is 0 Å². The highest BCUT2D eigenvalue weighted by molar-refractivity contribution is 9.10. The Bertz CT molecular complexity index is 573. The summed E-state index contributed by atoms with van der Waals surface area (Å²) in [5.74, 6) is 1.81. The smallest absolute Gasteiger partial charge is 0.132 e. The van der Waals surface area contributed by atoms with Crippen molar-refractivity contribution < 1.29 is 5.11 Å². The van der Waals surface area contributed by atoms with Gasteiger partial charge in [0.05, 0.1) is 11.7 Å². The Balaban J connectivity index is 2.03. The number of pyridine rings is 1. The Morgan fingerprint density at radius 2 is 2.06 bits per heavy atom. The van der Waals surface area contributed by atoms with Gasteiger partial charge in [0, 0.05) is 5.92 Å². The molecule has 0 bridgehead atoms. The predicted octanol–water partition coefficient (Wildman–Crippen LogP) is 2.61. The fraction of sp³-hybridized carbons (Fsp3) is 0.462. The summed E-state index contributed by atoms with van der Waals surface area (Å²) in [6.07, 6.45) is 4.00. The van der Waals surface area contributed by atoms with Crippen molar-refractivity contribution >= 4 is 21.4 Å². The molecule has 5 heteroatoms. The van der Waals surface area contributed by atoms with Gasteiger partial charge in [0.1, 0.15) is 16.2 Å². The molecule has 3 heterocycles. The van der Waals surface area contributed by atoms with E-state index in [1.165, 1.54) is 0 Å². The third-order valence-corrected chi connectivity index (χ3v) is 4.27. The van der Waals surface area contributed by atoms with E-state index in [-0.39, 0.29) is 5.75 Å². The van der Waals surface area contributed by atoms with Crippen LogP contribution in [0, 0.1) is 0 Å². The number of aromatic nitrogens is 2. The van der Waals surface area contributed by atoms with E-state index in [1.54, 1.807) is 12.3 Å². The van der Waals surface area contributed by atoms with Crippen LogP contribution in [0.25, 0.3) is 5.52 Å². The number of fused-ring (bicyclic) bond motifs is 1. The van der Waals surface area contributed by atoms with Crippen LogP contribution >= 0.6 is 15.9 Å². The fourth-order valence-electron chi connectivity index (χ4n) is 2.61. The maximum atomic E-state index is 9.63. The standard InChI is InChI=1S/C13H16BrN3O/c1-16-6-4-9(5-7-16)13-15-12(14)11-3-2-10(18)8-17(11)13/h2-3,8-9,18H,4-7H2,1H3. The van der Waals surface area contributed by atoms with Crippen LogP contribution in [-0.2, 0) is 0 Å². The zero-order valence-electron chi connectivity index (χ0n) is 10.3. The summed E-state index contributed by atoms with van der Waals surface area (Å²) in [5, 5.41) is 9.63. The number of nitrogens with zero attached hydrogens (tertiary/aromatic N) is 3. The van der Waals surface area contributed by atoms with Crippen molar-refractivity contribution in [3.05, 3.63) is 28.8 Å². The van der Waals surface area contributed by atoms with Gasteiger partial charge < -0.3 is 10.0 Å². The molecule has 0 saturated carbocycles. The van der Waals surface area contributed by atoms with Gasteiger partial charge in [0.25, 0.3) is 0 Å². The van der Waals surface area contributed by atoms with Crippen molar-refractivity contribution in [2.24, 2.45) is 0 Å². The van der Waals surface area contributed by atoms with Crippen LogP contribution in [0.2, 0.25) is 0 Å². The molecule has 18 heavy (non-hydrogen) atoms. The van der Waals surface area contributed by atoms with Crippen LogP contribution in [0.15, 0.2) is 22.9 Å². The van der Waals surface area contributed by atoms with Crippen LogP contribution in [-0.4, -0.2) is 39.5 Å². The van der Waals surface area contributed by atoms with E-state index in [0.717, 1.165) is 41.9 Å². The molecule has 2 aromatic rings. The van der Waals surface area contributed by atoms with Crippen molar-refractivity contribution in [2.45, 2.75) is 18.8 Å². The molecule has 1 saturated heterocycles. The average molecular weight is 310 g/mol. The monoisotopic (exact) mass is 309 g/mol. The number of imidazole rings is 1. The van der Waals surface area contributed by atoms with Gasteiger partial charge in [-0.1, -0.05) is 0 Å². The van der Waals surface area contributed by atoms with Crippen molar-refractivity contribution in [1.82, 2.24) is 14.3 Å². The lowest BCUT2D eigenvalue weighted by Crippen LogP contribution is -2.29. The van der Waals surface area contributed by atoms with Gasteiger partial charge in [-0.15, -0.1) is 0 Å². The number of hydrogen-bond donors (Lipinski definition) is 1. The van der Waals surface area contributed by atoms with E-state index in [4.69, 9.17) is 0 Å². The lowest BCUT2D eigenvalue weighted by Gasteiger charge is -2.28. The van der Waals surface area contributed by atoms with Gasteiger partial charge in [-0.2, -0.15) is 0 Å². The summed E-state index contributed by atoms with van der Waals surface area (Å²) in [6.45, 7) is 2.21. The molecular formula is C13H16BrN3O. The second-order valence-electron chi connectivity index (χ2n) is 4.98. The first-order valence-electron chi connectivity index (χ1n) is 6.20. The molecule has 0 atom stereocenters. The zero-order valence-corrected chi connectivity index (χ0v) is 11.9. The highest BCUT2D eigenvalue weighted by atomic mass is 79.9. The number of piperidine rings is 1. The quantitative estimate of drug-likeness (QED) is 0.880. The number of aromatic hydroxyl groups is 1. The fourth-order valence-corrected chi connectivity index (χ4v) is 3.12. The molecule has 1 N–H and O–H groups in total. The highest BCUT2D eigenvalue weighted by Crippen LogP contribution is 2.31. The van der Waals surface area contributed by atoms with E-state index in [2.05, 4.69) is 32.9 Å². The summed E-state index contributed by atoms with van der Waals surface area (Å²) in [7, 11) is 2.15. The molecule has 1 fully saturated rings. The van der Waals surface area contributed by atoms with Crippen molar-refractivity contribution in [2.75, 3.05) is 20.1 Å². The lowest BCUT2D eigenvalue weighted by atomic mass is 9.96. The molecule has 2 aromatic heterocycles. The SMILES string of the molecule is CN1CCC(c2nc(Br)c3ccc(O)cn23)CC1. The summed E-state index contributed by atoms with van der Waals surface area (Å²) in [5.41, 5.74) is 1.02. The predicted molar refractivity (Wildman–Crippen MR) is 74.0 cm³/mol. The van der Waals surface area contributed by atoms with Crippen molar-refractivity contribution in [1.29, 1.82) is 0 Å². The molecule has 0 aromatic carbocycles. The van der Waals surface area contributed by atoms with Gasteiger partial charge in [0.15, 0.2) is 0 Å². The molecular weight excluding hydrogens is 294 g/mol. The van der Waals surface area contributed by atoms with Crippen molar-refractivity contribution in [3.8, 4) is 5.75 Å². The highest BCUT2D eigenvalue weighted by Gasteiger charge is 2.23. The van der Waals surface area contributed by atoms with Crippen LogP contribution in [0.3, 0.4) is 0 Å². The average Bonchev–Trinajstić information content (AvgIpc) is 2.67. The Labute approximate surface area is 114 Å². The largest absolute Gasteiger partial charge is 0.506 e. The van der Waals surface area contributed by atoms with Crippen LogP contribution in [0.4, 0.5) is 0 Å². The third-order valence-electron chi connectivity index (χ3n) is 3.69. The maximum Gasteiger partial charge on any atom is 0.132 e. The first kappa shape index (κ1) is 12.0. The van der Waals surface area contributed by atoms with Crippen molar-refractivity contribution in [3.63, 3.8) is 0 Å². The molecule has 0 amide bonds. The number of rotatable bonds is 1. The molecule has 0 spiro atoms. The minimum absolute atomic E-state index is 0.279. The van der Waals surface area contributed by atoms with Gasteiger partial charge in [-0.05, 0) is 61.0 Å². The van der Waals surface area contributed by atoms with E-state index in [1.807, 2.05) is 10.5 Å². The molecule has 1 aliphatic rings. The summed E-state index contributed by atoms with van der Waals surface area (Å²) in [4.78, 5) is 6.98. The molecule has 96 valence electrons. The Morgan fingerprint density at radius 3 is 2.78 bits per heavy atom. The lowest BCUT2D eigenvalue weighted by molar-refractivity contribution is 0.251.